The summed E-state index contributed by atoms with van der Waals surface area (Å²) in [6.45, 7) is 0. The van der Waals surface area contributed by atoms with Gasteiger partial charge in [-0.1, -0.05) is 47.8 Å². The maximum atomic E-state index is 12.4. The molecular weight excluding hydrogens is 329 g/mol. The highest BCUT2D eigenvalue weighted by Gasteiger charge is 2.31. The first kappa shape index (κ1) is 16.4. The van der Waals surface area contributed by atoms with Gasteiger partial charge >= 0.3 is 0 Å². The summed E-state index contributed by atoms with van der Waals surface area (Å²) >= 11 is 12.1. The molecule has 2 aromatic carbocycles. The largest absolute Gasteiger partial charge is 0.377 e. The SMILES string of the molecule is O=C1CCCCC1C(Nc1cccc(Cl)c1)c1ccc(Cl)cc1. The number of rotatable bonds is 4. The number of halogens is 2. The smallest absolute Gasteiger partial charge is 0.138 e. The van der Waals surface area contributed by atoms with Crippen LogP contribution in [-0.4, -0.2) is 5.78 Å². The Balaban J connectivity index is 1.92. The van der Waals surface area contributed by atoms with Crippen LogP contribution in [0.25, 0.3) is 0 Å². The zero-order chi connectivity index (χ0) is 16.2. The van der Waals surface area contributed by atoms with E-state index < -0.39 is 0 Å². The Morgan fingerprint density at radius 1 is 1.00 bits per heavy atom. The lowest BCUT2D eigenvalue weighted by Gasteiger charge is -2.31. The lowest BCUT2D eigenvalue weighted by atomic mass is 9.80. The van der Waals surface area contributed by atoms with Crippen molar-refractivity contribution in [1.29, 1.82) is 0 Å². The number of hydrogen-bond donors (Lipinski definition) is 1. The molecular formula is C19H19Cl2NO. The lowest BCUT2D eigenvalue weighted by molar-refractivity contribution is -0.125. The third kappa shape index (κ3) is 4.07. The summed E-state index contributed by atoms with van der Waals surface area (Å²) in [5.41, 5.74) is 2.01. The zero-order valence-corrected chi connectivity index (χ0v) is 14.3. The van der Waals surface area contributed by atoms with E-state index in [1.54, 1.807) is 0 Å². The molecule has 0 aromatic heterocycles. The van der Waals surface area contributed by atoms with Crippen LogP contribution in [0.5, 0.6) is 0 Å². The highest BCUT2D eigenvalue weighted by atomic mass is 35.5. The van der Waals surface area contributed by atoms with Gasteiger partial charge in [-0.25, -0.2) is 0 Å². The van der Waals surface area contributed by atoms with E-state index in [0.717, 1.165) is 30.5 Å². The molecule has 0 aliphatic heterocycles. The quantitative estimate of drug-likeness (QED) is 0.745. The first-order valence-corrected chi connectivity index (χ1v) is 8.69. The van der Waals surface area contributed by atoms with Crippen molar-refractivity contribution < 1.29 is 4.79 Å². The minimum absolute atomic E-state index is 0.0103. The number of carbonyl (C=O) groups is 1. The first-order valence-electron chi connectivity index (χ1n) is 7.94. The molecule has 2 nitrogen and oxygen atoms in total. The predicted molar refractivity (Wildman–Crippen MR) is 96.2 cm³/mol. The minimum Gasteiger partial charge on any atom is -0.377 e. The van der Waals surface area contributed by atoms with Crippen molar-refractivity contribution >= 4 is 34.7 Å². The van der Waals surface area contributed by atoms with Gasteiger partial charge in [0.15, 0.2) is 0 Å². The average molecular weight is 348 g/mol. The van der Waals surface area contributed by atoms with Gasteiger partial charge in [0.25, 0.3) is 0 Å². The van der Waals surface area contributed by atoms with Gasteiger partial charge in [0, 0.05) is 28.1 Å². The van der Waals surface area contributed by atoms with Gasteiger partial charge in [-0.2, -0.15) is 0 Å². The minimum atomic E-state index is -0.0569. The van der Waals surface area contributed by atoms with Gasteiger partial charge in [0.2, 0.25) is 0 Å². The van der Waals surface area contributed by atoms with Crippen LogP contribution in [0.1, 0.15) is 37.3 Å². The molecule has 1 aliphatic carbocycles. The highest BCUT2D eigenvalue weighted by Crippen LogP contribution is 2.35. The molecule has 0 radical (unpaired) electrons. The molecule has 1 saturated carbocycles. The van der Waals surface area contributed by atoms with Crippen LogP contribution in [-0.2, 0) is 4.79 Å². The van der Waals surface area contributed by atoms with Crippen LogP contribution in [0, 0.1) is 5.92 Å². The third-order valence-electron chi connectivity index (χ3n) is 4.38. The fourth-order valence-corrected chi connectivity index (χ4v) is 3.52. The predicted octanol–water partition coefficient (Wildman–Crippen LogP) is 5.91. The van der Waals surface area contributed by atoms with Crippen molar-refractivity contribution in [2.45, 2.75) is 31.7 Å². The Bertz CT molecular complexity index is 684. The molecule has 1 fully saturated rings. The second kappa shape index (κ2) is 7.37. The topological polar surface area (TPSA) is 29.1 Å². The van der Waals surface area contributed by atoms with Crippen molar-refractivity contribution in [2.24, 2.45) is 5.92 Å². The van der Waals surface area contributed by atoms with Crippen molar-refractivity contribution in [3.05, 3.63) is 64.1 Å². The summed E-state index contributed by atoms with van der Waals surface area (Å²) in [5, 5.41) is 4.89. The van der Waals surface area contributed by atoms with Gasteiger partial charge < -0.3 is 5.32 Å². The molecule has 0 amide bonds. The van der Waals surface area contributed by atoms with E-state index in [2.05, 4.69) is 5.32 Å². The Kier molecular flexibility index (Phi) is 5.24. The molecule has 2 atom stereocenters. The van der Waals surface area contributed by atoms with E-state index >= 15 is 0 Å². The highest BCUT2D eigenvalue weighted by molar-refractivity contribution is 6.31. The molecule has 1 aliphatic rings. The van der Waals surface area contributed by atoms with E-state index in [9.17, 15) is 4.79 Å². The van der Waals surface area contributed by atoms with Crippen LogP contribution in [0.2, 0.25) is 10.0 Å². The van der Waals surface area contributed by atoms with Gasteiger partial charge in [0.05, 0.1) is 6.04 Å². The third-order valence-corrected chi connectivity index (χ3v) is 4.87. The van der Waals surface area contributed by atoms with Crippen LogP contribution in [0.4, 0.5) is 5.69 Å². The van der Waals surface area contributed by atoms with E-state index in [1.807, 2.05) is 48.5 Å². The zero-order valence-electron chi connectivity index (χ0n) is 12.8. The fraction of sp³-hybridized carbons (Fsp3) is 0.316. The number of nitrogens with one attached hydrogen (secondary N) is 1. The summed E-state index contributed by atoms with van der Waals surface area (Å²) in [6, 6.07) is 15.3. The normalized spacial score (nSPS) is 19.4. The van der Waals surface area contributed by atoms with Crippen LogP contribution >= 0.6 is 23.2 Å². The van der Waals surface area contributed by atoms with Crippen molar-refractivity contribution in [3.63, 3.8) is 0 Å². The summed E-state index contributed by atoms with van der Waals surface area (Å²) in [6.07, 6.45) is 3.68. The van der Waals surface area contributed by atoms with Crippen LogP contribution in [0.15, 0.2) is 48.5 Å². The number of hydrogen-bond acceptors (Lipinski definition) is 2. The molecule has 2 unspecified atom stereocenters. The number of ketones is 1. The van der Waals surface area contributed by atoms with E-state index in [4.69, 9.17) is 23.2 Å². The van der Waals surface area contributed by atoms with Crippen molar-refractivity contribution in [3.8, 4) is 0 Å². The van der Waals surface area contributed by atoms with E-state index in [0.29, 0.717) is 22.2 Å². The summed E-state index contributed by atoms with van der Waals surface area (Å²) in [4.78, 5) is 12.4. The molecule has 120 valence electrons. The Morgan fingerprint density at radius 3 is 2.48 bits per heavy atom. The molecule has 1 N–H and O–H groups in total. The number of benzene rings is 2. The summed E-state index contributed by atoms with van der Waals surface area (Å²) in [5.74, 6) is 0.328. The Labute approximate surface area is 146 Å². The van der Waals surface area contributed by atoms with Crippen LogP contribution in [0.3, 0.4) is 0 Å². The summed E-state index contributed by atoms with van der Waals surface area (Å²) < 4.78 is 0. The number of anilines is 1. The van der Waals surface area contributed by atoms with Gasteiger partial charge in [-0.15, -0.1) is 0 Å². The lowest BCUT2D eigenvalue weighted by Crippen LogP contribution is -2.30. The monoisotopic (exact) mass is 347 g/mol. The fourth-order valence-electron chi connectivity index (χ4n) is 3.21. The van der Waals surface area contributed by atoms with Gasteiger partial charge in [-0.3, -0.25) is 4.79 Å². The van der Waals surface area contributed by atoms with Crippen LogP contribution < -0.4 is 5.32 Å². The molecule has 23 heavy (non-hydrogen) atoms. The van der Waals surface area contributed by atoms with E-state index in [1.165, 1.54) is 0 Å². The second-order valence-corrected chi connectivity index (χ2v) is 6.88. The number of Topliss-reactive ketones (excluding diaryl/α,β-unsaturated/α-hetero) is 1. The number of carbonyl (C=O) groups excluding carboxylic acids is 1. The van der Waals surface area contributed by atoms with Gasteiger partial charge in [0.1, 0.15) is 5.78 Å². The molecule has 4 heteroatoms. The van der Waals surface area contributed by atoms with Gasteiger partial charge in [-0.05, 0) is 48.7 Å². The molecule has 0 heterocycles. The average Bonchev–Trinajstić information content (AvgIpc) is 2.54. The molecule has 2 aromatic rings. The maximum Gasteiger partial charge on any atom is 0.138 e. The first-order chi connectivity index (χ1) is 11.1. The second-order valence-electron chi connectivity index (χ2n) is 6.00. The Morgan fingerprint density at radius 2 is 1.78 bits per heavy atom. The molecule has 0 saturated heterocycles. The molecule has 0 spiro atoms. The molecule has 0 bridgehead atoms. The van der Waals surface area contributed by atoms with E-state index in [-0.39, 0.29) is 12.0 Å². The van der Waals surface area contributed by atoms with Crippen molar-refractivity contribution in [2.75, 3.05) is 5.32 Å². The Hall–Kier alpha value is -1.51. The standard InChI is InChI=1S/C19H19Cl2NO/c20-14-10-8-13(9-11-14)19(17-6-1-2-7-18(17)23)22-16-5-3-4-15(21)12-16/h3-5,8-12,17,19,22H,1-2,6-7H2. The molecule has 3 rings (SSSR count). The maximum absolute atomic E-state index is 12.4. The summed E-state index contributed by atoms with van der Waals surface area (Å²) in [7, 11) is 0. The van der Waals surface area contributed by atoms with Crippen molar-refractivity contribution in [1.82, 2.24) is 0 Å².